The van der Waals surface area contributed by atoms with Crippen molar-refractivity contribution in [3.63, 3.8) is 0 Å². The highest BCUT2D eigenvalue weighted by atomic mass is 79.9. The maximum atomic E-state index is 13.1. The second-order valence-electron chi connectivity index (χ2n) is 8.97. The van der Waals surface area contributed by atoms with Gasteiger partial charge in [-0.3, -0.25) is 9.59 Å². The van der Waals surface area contributed by atoms with Crippen LogP contribution in [0.15, 0.2) is 39.4 Å². The van der Waals surface area contributed by atoms with Crippen molar-refractivity contribution in [2.75, 3.05) is 27.4 Å². The highest BCUT2D eigenvalue weighted by molar-refractivity contribution is 9.10. The lowest BCUT2D eigenvalue weighted by Gasteiger charge is -2.31. The molecule has 2 heterocycles. The van der Waals surface area contributed by atoms with Gasteiger partial charge in [-0.1, -0.05) is 27.6 Å². The van der Waals surface area contributed by atoms with E-state index in [2.05, 4.69) is 20.7 Å². The van der Waals surface area contributed by atoms with E-state index in [1.165, 1.54) is 0 Å². The lowest BCUT2D eigenvalue weighted by Crippen LogP contribution is -2.38. The largest absolute Gasteiger partial charge is 0.507 e. The highest BCUT2D eigenvalue weighted by Crippen LogP contribution is 2.50. The number of nitrogens with zero attached hydrogens (tertiary/aromatic N) is 1. The van der Waals surface area contributed by atoms with E-state index in [9.17, 15) is 19.5 Å². The van der Waals surface area contributed by atoms with Crippen LogP contribution < -0.4 is 0 Å². The zero-order valence-electron chi connectivity index (χ0n) is 19.4. The molecule has 3 amide bonds. The van der Waals surface area contributed by atoms with Crippen LogP contribution in [0.4, 0.5) is 4.79 Å². The van der Waals surface area contributed by atoms with Gasteiger partial charge in [0.25, 0.3) is 0 Å². The first kappa shape index (κ1) is 24.6. The molecule has 0 bridgehead atoms. The Morgan fingerprint density at radius 3 is 2.74 bits per heavy atom. The van der Waals surface area contributed by atoms with E-state index in [1.54, 1.807) is 19.2 Å². The predicted molar refractivity (Wildman–Crippen MR) is 127 cm³/mol. The quantitative estimate of drug-likeness (QED) is 0.434. The maximum Gasteiger partial charge on any atom is 0.423 e. The Morgan fingerprint density at radius 2 is 2.03 bits per heavy atom. The fourth-order valence-corrected chi connectivity index (χ4v) is 5.77. The normalized spacial score (nSPS) is 26.7. The summed E-state index contributed by atoms with van der Waals surface area (Å²) in [6.45, 7) is 2.66. The van der Waals surface area contributed by atoms with Gasteiger partial charge in [0, 0.05) is 23.1 Å². The molecule has 0 saturated carbocycles. The van der Waals surface area contributed by atoms with Gasteiger partial charge in [-0.25, -0.2) is 4.79 Å². The van der Waals surface area contributed by atoms with E-state index in [0.29, 0.717) is 31.0 Å². The Balaban J connectivity index is 1.55. The molecule has 182 valence electrons. The Kier molecular flexibility index (Phi) is 7.25. The number of aromatic hydroxyl groups is 1. The lowest BCUT2D eigenvalue weighted by atomic mass is 9.69. The van der Waals surface area contributed by atoms with Crippen LogP contribution >= 0.6 is 15.9 Å². The van der Waals surface area contributed by atoms with Gasteiger partial charge in [0.1, 0.15) is 5.75 Å². The number of rotatable bonds is 6. The van der Waals surface area contributed by atoms with Crippen molar-refractivity contribution < 1.29 is 33.7 Å². The van der Waals surface area contributed by atoms with Crippen LogP contribution in [0.25, 0.3) is 6.08 Å². The van der Waals surface area contributed by atoms with Crippen molar-refractivity contribution in [2.45, 2.75) is 32.3 Å². The third-order valence-electron chi connectivity index (χ3n) is 6.88. The third-order valence-corrected chi connectivity index (χ3v) is 7.37. The van der Waals surface area contributed by atoms with Crippen LogP contribution in [0.3, 0.4) is 0 Å². The highest BCUT2D eigenvalue weighted by Gasteiger charge is 2.58. The average Bonchev–Trinajstić information content (AvgIpc) is 3.33. The number of allylic oxidation sites excluding steroid dienone is 1. The number of amides is 3. The fourth-order valence-electron chi connectivity index (χ4n) is 5.39. The maximum absolute atomic E-state index is 13.1. The molecule has 9 heteroatoms. The zero-order chi connectivity index (χ0) is 24.6. The molecule has 1 aliphatic carbocycles. The van der Waals surface area contributed by atoms with Crippen molar-refractivity contribution >= 4 is 39.9 Å². The number of phenolic OH excluding ortho intramolecular Hbond substituents is 1. The predicted octanol–water partition coefficient (Wildman–Crippen LogP) is 4.07. The summed E-state index contributed by atoms with van der Waals surface area (Å²) in [4.78, 5) is 38.7. The van der Waals surface area contributed by atoms with Crippen LogP contribution in [-0.4, -0.2) is 61.5 Å². The number of carbonyl (C=O) groups excluding carboxylic acids is 3. The molecular weight excluding hydrogens is 506 g/mol. The molecule has 34 heavy (non-hydrogen) atoms. The van der Waals surface area contributed by atoms with E-state index < -0.39 is 29.7 Å². The molecule has 0 radical (unpaired) electrons. The van der Waals surface area contributed by atoms with Crippen molar-refractivity contribution in [3.8, 4) is 5.75 Å². The second-order valence-corrected chi connectivity index (χ2v) is 9.89. The number of phenols is 1. The van der Waals surface area contributed by atoms with E-state index in [4.69, 9.17) is 9.47 Å². The standard InChI is InChI=1S/C25H28BrNO7/c1-13(8-14-9-16(26)5-6-19(14)28)4-7-20-21-15(11-32-2)10-17-22(18(21)12-34-20)24(30)27(23(17)29)25(31)33-3/h5-6,8-9,17-18,20,22,28H,4,7,10-12H2,1-3H3/b13-8+/t17-,18+,20-,22-/m1/s1. The summed E-state index contributed by atoms with van der Waals surface area (Å²) in [6, 6.07) is 5.29. The van der Waals surface area contributed by atoms with Gasteiger partial charge in [-0.15, -0.1) is 0 Å². The molecule has 3 aliphatic rings. The van der Waals surface area contributed by atoms with Crippen molar-refractivity contribution in [1.29, 1.82) is 0 Å². The number of likely N-dealkylation sites (tertiary alicyclic amines) is 1. The van der Waals surface area contributed by atoms with E-state index >= 15 is 0 Å². The smallest absolute Gasteiger partial charge is 0.423 e. The minimum absolute atomic E-state index is 0.203. The molecule has 2 fully saturated rings. The van der Waals surface area contributed by atoms with Gasteiger partial charge in [-0.05, 0) is 55.5 Å². The topological polar surface area (TPSA) is 102 Å². The average molecular weight is 534 g/mol. The number of benzene rings is 1. The summed E-state index contributed by atoms with van der Waals surface area (Å²) in [6.07, 6.45) is 2.58. The first-order chi connectivity index (χ1) is 16.3. The SMILES string of the molecule is COCC1=C2[C@@H](CC/C(C)=C/c3cc(Br)ccc3O)OC[C@@H]2[C@@H]2C(=O)N(C(=O)OC)C(=O)[C@@H]2C1. The van der Waals surface area contributed by atoms with Crippen molar-refractivity contribution in [2.24, 2.45) is 17.8 Å². The molecule has 2 saturated heterocycles. The third kappa shape index (κ3) is 4.44. The minimum atomic E-state index is -0.939. The monoisotopic (exact) mass is 533 g/mol. The van der Waals surface area contributed by atoms with E-state index in [0.717, 1.165) is 40.3 Å². The molecule has 0 spiro atoms. The van der Waals surface area contributed by atoms with Crippen LogP contribution in [0.1, 0.15) is 31.7 Å². The first-order valence-corrected chi connectivity index (χ1v) is 12.0. The van der Waals surface area contributed by atoms with Crippen molar-refractivity contribution in [1.82, 2.24) is 4.90 Å². The number of carbonyl (C=O) groups is 3. The molecule has 4 atom stereocenters. The Morgan fingerprint density at radius 1 is 1.26 bits per heavy atom. The molecule has 1 N–H and O–H groups in total. The Labute approximate surface area is 206 Å². The van der Waals surface area contributed by atoms with Crippen LogP contribution in [-0.2, 0) is 23.8 Å². The number of ether oxygens (including phenoxy) is 3. The van der Waals surface area contributed by atoms with Gasteiger partial charge in [0.2, 0.25) is 11.8 Å². The summed E-state index contributed by atoms with van der Waals surface area (Å²) in [7, 11) is 2.75. The van der Waals surface area contributed by atoms with Gasteiger partial charge in [-0.2, -0.15) is 4.90 Å². The van der Waals surface area contributed by atoms with Gasteiger partial charge < -0.3 is 19.3 Å². The number of hydrogen-bond acceptors (Lipinski definition) is 7. The van der Waals surface area contributed by atoms with Crippen LogP contribution in [0.5, 0.6) is 5.75 Å². The molecule has 8 nitrogen and oxygen atoms in total. The number of halogens is 1. The molecule has 2 aliphatic heterocycles. The molecule has 1 aromatic rings. The number of methoxy groups -OCH3 is 2. The fraction of sp³-hybridized carbons (Fsp3) is 0.480. The van der Waals surface area contributed by atoms with E-state index in [1.807, 2.05) is 19.1 Å². The first-order valence-electron chi connectivity index (χ1n) is 11.2. The van der Waals surface area contributed by atoms with Gasteiger partial charge in [0.05, 0.1) is 38.3 Å². The summed E-state index contributed by atoms with van der Waals surface area (Å²) in [5.74, 6) is -2.30. The van der Waals surface area contributed by atoms with Gasteiger partial charge in [0.15, 0.2) is 0 Å². The second kappa shape index (κ2) is 10.0. The molecule has 0 aromatic heterocycles. The molecule has 0 unspecified atom stereocenters. The Hall–Kier alpha value is -2.49. The lowest BCUT2D eigenvalue weighted by molar-refractivity contribution is -0.137. The van der Waals surface area contributed by atoms with Crippen LogP contribution in [0, 0.1) is 17.8 Å². The summed E-state index contributed by atoms with van der Waals surface area (Å²) < 4.78 is 17.1. The number of imide groups is 3. The van der Waals surface area contributed by atoms with E-state index in [-0.39, 0.29) is 17.8 Å². The number of fused-ring (bicyclic) bond motifs is 3. The molecule has 4 rings (SSSR count). The minimum Gasteiger partial charge on any atom is -0.507 e. The molecule has 1 aromatic carbocycles. The Bertz CT molecular complexity index is 1080. The summed E-state index contributed by atoms with van der Waals surface area (Å²) >= 11 is 3.43. The number of hydrogen-bond donors (Lipinski definition) is 1. The summed E-state index contributed by atoms with van der Waals surface area (Å²) in [5.41, 5.74) is 3.80. The van der Waals surface area contributed by atoms with Gasteiger partial charge >= 0.3 is 6.09 Å². The zero-order valence-corrected chi connectivity index (χ0v) is 21.0. The molecular formula is C25H28BrNO7. The van der Waals surface area contributed by atoms with Crippen molar-refractivity contribution in [3.05, 3.63) is 45.0 Å². The van der Waals surface area contributed by atoms with Crippen LogP contribution in [0.2, 0.25) is 0 Å². The summed E-state index contributed by atoms with van der Waals surface area (Å²) in [5, 5.41) is 10.1.